The van der Waals surface area contributed by atoms with Gasteiger partial charge in [-0.3, -0.25) is 9.59 Å². The van der Waals surface area contributed by atoms with Gasteiger partial charge in [-0.2, -0.15) is 0 Å². The molecule has 0 aliphatic heterocycles. The van der Waals surface area contributed by atoms with Crippen LogP contribution in [0.25, 0.3) is 0 Å². The van der Waals surface area contributed by atoms with Crippen LogP contribution in [0.15, 0.2) is 48.5 Å². The largest absolute Gasteiger partial charge is 0.392 e. The van der Waals surface area contributed by atoms with Gasteiger partial charge in [-0.1, -0.05) is 29.8 Å². The number of para-hydroxylation sites is 1. The summed E-state index contributed by atoms with van der Waals surface area (Å²) in [6, 6.07) is 14.0. The number of hydrogen-bond acceptors (Lipinski definition) is 3. The minimum absolute atomic E-state index is 0.152. The Bertz CT molecular complexity index is 711. The van der Waals surface area contributed by atoms with Gasteiger partial charge in [-0.05, 0) is 38.1 Å². The average Bonchev–Trinajstić information content (AvgIpc) is 2.53. The molecule has 5 nitrogen and oxygen atoms in total. The van der Waals surface area contributed by atoms with Gasteiger partial charge in [0.25, 0.3) is 11.8 Å². The molecule has 3 N–H and O–H groups in total. The summed E-state index contributed by atoms with van der Waals surface area (Å²) in [5.74, 6) is -0.615. The van der Waals surface area contributed by atoms with E-state index in [4.69, 9.17) is 0 Å². The smallest absolute Gasteiger partial charge is 0.255 e. The summed E-state index contributed by atoms with van der Waals surface area (Å²) in [6.45, 7) is 3.65. The van der Waals surface area contributed by atoms with Crippen LogP contribution in [0.2, 0.25) is 0 Å². The number of nitrogens with one attached hydrogen (secondary N) is 2. The van der Waals surface area contributed by atoms with E-state index in [0.29, 0.717) is 16.8 Å². The van der Waals surface area contributed by atoms with Crippen molar-refractivity contribution in [1.29, 1.82) is 0 Å². The fourth-order valence-electron chi connectivity index (χ4n) is 2.11. The molecule has 0 fully saturated rings. The van der Waals surface area contributed by atoms with Crippen LogP contribution < -0.4 is 10.6 Å². The molecule has 0 aromatic heterocycles. The molecule has 5 heteroatoms. The lowest BCUT2D eigenvalue weighted by Crippen LogP contribution is -2.31. The van der Waals surface area contributed by atoms with Crippen molar-refractivity contribution in [2.75, 3.05) is 11.9 Å². The molecular formula is C18H20N2O3. The van der Waals surface area contributed by atoms with Gasteiger partial charge in [-0.15, -0.1) is 0 Å². The van der Waals surface area contributed by atoms with Crippen LogP contribution in [0.3, 0.4) is 0 Å². The van der Waals surface area contributed by atoms with Gasteiger partial charge in [0.15, 0.2) is 0 Å². The van der Waals surface area contributed by atoms with Gasteiger partial charge in [0.05, 0.1) is 17.4 Å². The number of anilines is 1. The molecule has 0 saturated carbocycles. The number of aliphatic hydroxyl groups excluding tert-OH is 1. The minimum atomic E-state index is -0.631. The third-order valence-electron chi connectivity index (χ3n) is 3.26. The summed E-state index contributed by atoms with van der Waals surface area (Å²) in [5.41, 5.74) is 2.31. The van der Waals surface area contributed by atoms with Gasteiger partial charge < -0.3 is 15.7 Å². The lowest BCUT2D eigenvalue weighted by molar-refractivity contribution is 0.0925. The second-order valence-electron chi connectivity index (χ2n) is 5.43. The molecule has 2 aromatic carbocycles. The second-order valence-corrected chi connectivity index (χ2v) is 5.43. The molecule has 23 heavy (non-hydrogen) atoms. The number of carbonyl (C=O) groups excluding carboxylic acids is 2. The molecule has 2 amide bonds. The van der Waals surface area contributed by atoms with E-state index in [1.54, 1.807) is 43.3 Å². The number of aliphatic hydroxyl groups is 1. The summed E-state index contributed by atoms with van der Waals surface area (Å²) in [5, 5.41) is 14.6. The Morgan fingerprint density at radius 3 is 2.52 bits per heavy atom. The van der Waals surface area contributed by atoms with Gasteiger partial charge in [-0.25, -0.2) is 0 Å². The van der Waals surface area contributed by atoms with Crippen molar-refractivity contribution in [3.8, 4) is 0 Å². The quantitative estimate of drug-likeness (QED) is 0.793. The first-order chi connectivity index (χ1) is 11.0. The molecule has 2 aromatic rings. The van der Waals surface area contributed by atoms with Crippen LogP contribution in [-0.2, 0) is 0 Å². The van der Waals surface area contributed by atoms with Crippen LogP contribution in [0.4, 0.5) is 5.69 Å². The van der Waals surface area contributed by atoms with E-state index >= 15 is 0 Å². The van der Waals surface area contributed by atoms with Crippen LogP contribution in [0, 0.1) is 6.92 Å². The minimum Gasteiger partial charge on any atom is -0.392 e. The first-order valence-corrected chi connectivity index (χ1v) is 7.40. The maximum atomic E-state index is 12.3. The highest BCUT2D eigenvalue weighted by molar-refractivity contribution is 6.09. The summed E-state index contributed by atoms with van der Waals surface area (Å²) >= 11 is 0. The van der Waals surface area contributed by atoms with Crippen molar-refractivity contribution < 1.29 is 14.7 Å². The highest BCUT2D eigenvalue weighted by Gasteiger charge is 2.14. The Kier molecular flexibility index (Phi) is 5.49. The first-order valence-electron chi connectivity index (χ1n) is 7.40. The van der Waals surface area contributed by atoms with Crippen LogP contribution in [-0.4, -0.2) is 29.6 Å². The average molecular weight is 312 g/mol. The molecule has 1 unspecified atom stereocenters. The highest BCUT2D eigenvalue weighted by atomic mass is 16.3. The van der Waals surface area contributed by atoms with E-state index in [1.807, 2.05) is 19.1 Å². The molecule has 0 aliphatic rings. The Hall–Kier alpha value is -2.66. The Morgan fingerprint density at radius 2 is 1.83 bits per heavy atom. The topological polar surface area (TPSA) is 78.4 Å². The van der Waals surface area contributed by atoms with Gasteiger partial charge >= 0.3 is 0 Å². The fourth-order valence-corrected chi connectivity index (χ4v) is 2.11. The van der Waals surface area contributed by atoms with Gasteiger partial charge in [0.2, 0.25) is 0 Å². The molecule has 0 saturated heterocycles. The summed E-state index contributed by atoms with van der Waals surface area (Å²) in [7, 11) is 0. The predicted octanol–water partition coefficient (Wildman–Crippen LogP) is 2.36. The predicted molar refractivity (Wildman–Crippen MR) is 89.6 cm³/mol. The lowest BCUT2D eigenvalue weighted by Gasteiger charge is -2.12. The van der Waals surface area contributed by atoms with Gasteiger partial charge in [0, 0.05) is 12.1 Å². The van der Waals surface area contributed by atoms with E-state index in [2.05, 4.69) is 10.6 Å². The van der Waals surface area contributed by atoms with E-state index in [1.165, 1.54) is 0 Å². The SMILES string of the molecule is Cc1cccc(C(=O)Nc2ccccc2C(=O)NCC(C)O)c1. The zero-order chi connectivity index (χ0) is 16.8. The number of amides is 2. The number of hydrogen-bond donors (Lipinski definition) is 3. The molecule has 0 spiro atoms. The fraction of sp³-hybridized carbons (Fsp3) is 0.222. The van der Waals surface area contributed by atoms with E-state index in [0.717, 1.165) is 5.56 Å². The Balaban J connectivity index is 2.17. The number of aryl methyl sites for hydroxylation is 1. The van der Waals surface area contributed by atoms with Crippen molar-refractivity contribution >= 4 is 17.5 Å². The normalized spacial score (nSPS) is 11.6. The lowest BCUT2D eigenvalue weighted by atomic mass is 10.1. The van der Waals surface area contributed by atoms with Crippen LogP contribution in [0.5, 0.6) is 0 Å². The van der Waals surface area contributed by atoms with Crippen molar-refractivity contribution in [3.05, 3.63) is 65.2 Å². The van der Waals surface area contributed by atoms with Crippen LogP contribution in [0.1, 0.15) is 33.2 Å². The molecule has 2 rings (SSSR count). The molecular weight excluding hydrogens is 292 g/mol. The zero-order valence-electron chi connectivity index (χ0n) is 13.2. The van der Waals surface area contributed by atoms with E-state index in [-0.39, 0.29) is 18.4 Å². The van der Waals surface area contributed by atoms with Crippen LogP contribution >= 0.6 is 0 Å². The highest BCUT2D eigenvalue weighted by Crippen LogP contribution is 2.16. The summed E-state index contributed by atoms with van der Waals surface area (Å²) in [6.07, 6.45) is -0.631. The van der Waals surface area contributed by atoms with Gasteiger partial charge in [0.1, 0.15) is 0 Å². The third kappa shape index (κ3) is 4.66. The molecule has 0 aliphatic carbocycles. The number of carbonyl (C=O) groups is 2. The zero-order valence-corrected chi connectivity index (χ0v) is 13.2. The van der Waals surface area contributed by atoms with Crippen molar-refractivity contribution in [2.24, 2.45) is 0 Å². The molecule has 0 heterocycles. The first kappa shape index (κ1) is 16.7. The maximum absolute atomic E-state index is 12.3. The molecule has 0 radical (unpaired) electrons. The Morgan fingerprint density at radius 1 is 1.09 bits per heavy atom. The van der Waals surface area contributed by atoms with E-state index < -0.39 is 6.10 Å². The maximum Gasteiger partial charge on any atom is 0.255 e. The Labute approximate surface area is 135 Å². The molecule has 0 bridgehead atoms. The summed E-state index contributed by atoms with van der Waals surface area (Å²) in [4.78, 5) is 24.5. The summed E-state index contributed by atoms with van der Waals surface area (Å²) < 4.78 is 0. The third-order valence-corrected chi connectivity index (χ3v) is 3.26. The van der Waals surface area contributed by atoms with Crippen molar-refractivity contribution in [1.82, 2.24) is 5.32 Å². The van der Waals surface area contributed by atoms with Crippen molar-refractivity contribution in [3.63, 3.8) is 0 Å². The molecule has 1 atom stereocenters. The monoisotopic (exact) mass is 312 g/mol. The standard InChI is InChI=1S/C18H20N2O3/c1-12-6-5-7-14(10-12)17(22)20-16-9-4-3-8-15(16)18(23)19-11-13(2)21/h3-10,13,21H,11H2,1-2H3,(H,19,23)(H,20,22). The molecule has 120 valence electrons. The van der Waals surface area contributed by atoms with E-state index in [9.17, 15) is 14.7 Å². The second kappa shape index (κ2) is 7.56. The number of rotatable bonds is 5. The van der Waals surface area contributed by atoms with Crippen molar-refractivity contribution in [2.45, 2.75) is 20.0 Å². The number of benzene rings is 2.